The molecule has 166 valence electrons. The number of anilines is 1. The lowest BCUT2D eigenvalue weighted by Gasteiger charge is -2.31. The number of carbonyl (C=O) groups is 1. The molecule has 10 heteroatoms. The van der Waals surface area contributed by atoms with Crippen LogP contribution in [-0.2, 0) is 21.2 Å². The molecule has 0 radical (unpaired) electrons. The molecule has 3 rings (SSSR count). The molecule has 0 aromatic heterocycles. The first-order valence-corrected chi connectivity index (χ1v) is 11.6. The molecule has 1 aliphatic rings. The first-order valence-electron chi connectivity index (χ1n) is 10.2. The molecule has 0 unspecified atom stereocenters. The Labute approximate surface area is 181 Å². The summed E-state index contributed by atoms with van der Waals surface area (Å²) in [6, 6.07) is 11.7. The third-order valence-corrected chi connectivity index (χ3v) is 6.75. The second-order valence-electron chi connectivity index (χ2n) is 7.48. The van der Waals surface area contributed by atoms with Gasteiger partial charge in [-0.15, -0.1) is 0 Å². The molecule has 1 fully saturated rings. The molecule has 0 aliphatic carbocycles. The lowest BCUT2D eigenvalue weighted by molar-refractivity contribution is -0.387. The van der Waals surface area contributed by atoms with Crippen LogP contribution in [0.1, 0.15) is 25.3 Å². The average Bonchev–Trinajstić information content (AvgIpc) is 2.75. The van der Waals surface area contributed by atoms with Crippen LogP contribution in [0.3, 0.4) is 0 Å². The predicted molar refractivity (Wildman–Crippen MR) is 117 cm³/mol. The molecule has 0 bridgehead atoms. The summed E-state index contributed by atoms with van der Waals surface area (Å²) in [6.07, 6.45) is 2.07. The zero-order valence-corrected chi connectivity index (χ0v) is 18.1. The average molecular weight is 447 g/mol. The summed E-state index contributed by atoms with van der Waals surface area (Å²) < 4.78 is 27.5. The number of para-hydroxylation sites is 1. The second-order valence-corrected chi connectivity index (χ2v) is 9.13. The zero-order valence-electron chi connectivity index (χ0n) is 17.3. The van der Waals surface area contributed by atoms with Crippen molar-refractivity contribution in [3.63, 3.8) is 0 Å². The smallest absolute Gasteiger partial charge is 0.289 e. The highest BCUT2D eigenvalue weighted by Gasteiger charge is 2.25. The van der Waals surface area contributed by atoms with E-state index < -0.39 is 25.5 Å². The molecule has 2 aromatic rings. The van der Waals surface area contributed by atoms with Gasteiger partial charge in [-0.05, 0) is 43.1 Å². The highest BCUT2D eigenvalue weighted by molar-refractivity contribution is 7.92. The summed E-state index contributed by atoms with van der Waals surface area (Å²) in [4.78, 5) is 24.7. The van der Waals surface area contributed by atoms with Crippen LogP contribution in [0.5, 0.6) is 0 Å². The van der Waals surface area contributed by atoms with E-state index in [0.717, 1.165) is 44.1 Å². The summed E-state index contributed by atoms with van der Waals surface area (Å²) in [5.41, 5.74) is 0.513. The van der Waals surface area contributed by atoms with E-state index in [1.165, 1.54) is 30.3 Å². The van der Waals surface area contributed by atoms with Crippen molar-refractivity contribution in [2.45, 2.75) is 37.1 Å². The van der Waals surface area contributed by atoms with E-state index in [1.807, 2.05) is 0 Å². The molecule has 0 saturated carbocycles. The lowest BCUT2D eigenvalue weighted by Crippen LogP contribution is -2.44. The molecule has 31 heavy (non-hydrogen) atoms. The van der Waals surface area contributed by atoms with Crippen LogP contribution in [0.15, 0.2) is 53.4 Å². The maximum absolute atomic E-state index is 12.6. The number of likely N-dealkylation sites (tertiary alicyclic amines) is 1. The molecule has 1 heterocycles. The van der Waals surface area contributed by atoms with Crippen molar-refractivity contribution >= 4 is 27.3 Å². The SMILES string of the molecule is CCN1CCC(NC(=O)Cc2ccc(NS(=O)(=O)c3ccccc3[N+](=O)[O-])cc2)CC1. The molecule has 1 amide bonds. The van der Waals surface area contributed by atoms with Crippen molar-refractivity contribution < 1.29 is 18.1 Å². The van der Waals surface area contributed by atoms with Gasteiger partial charge in [-0.2, -0.15) is 0 Å². The van der Waals surface area contributed by atoms with Crippen LogP contribution in [0, 0.1) is 10.1 Å². The number of sulfonamides is 1. The third kappa shape index (κ3) is 6.02. The lowest BCUT2D eigenvalue weighted by atomic mass is 10.0. The highest BCUT2D eigenvalue weighted by Crippen LogP contribution is 2.25. The van der Waals surface area contributed by atoms with E-state index in [-0.39, 0.29) is 24.1 Å². The van der Waals surface area contributed by atoms with Gasteiger partial charge in [-0.25, -0.2) is 8.42 Å². The van der Waals surface area contributed by atoms with Crippen molar-refractivity contribution in [3.05, 3.63) is 64.2 Å². The number of carbonyl (C=O) groups excluding carboxylic acids is 1. The van der Waals surface area contributed by atoms with Gasteiger partial charge in [0.15, 0.2) is 4.90 Å². The van der Waals surface area contributed by atoms with Gasteiger partial charge < -0.3 is 10.2 Å². The quantitative estimate of drug-likeness (QED) is 0.475. The Hall–Kier alpha value is -2.98. The standard InChI is InChI=1S/C21H26N4O5S/c1-2-24-13-11-17(12-14-24)22-21(26)15-16-7-9-18(10-8-16)23-31(29,30)20-6-4-3-5-19(20)25(27)28/h3-10,17,23H,2,11-15H2,1H3,(H,22,26). The van der Waals surface area contributed by atoms with Gasteiger partial charge in [-0.1, -0.05) is 31.2 Å². The number of nitro benzene ring substituents is 1. The number of amides is 1. The van der Waals surface area contributed by atoms with Gasteiger partial charge in [-0.3, -0.25) is 19.6 Å². The van der Waals surface area contributed by atoms with Gasteiger partial charge in [0.1, 0.15) is 0 Å². The fourth-order valence-corrected chi connectivity index (χ4v) is 4.83. The van der Waals surface area contributed by atoms with E-state index in [0.29, 0.717) is 0 Å². The predicted octanol–water partition coefficient (Wildman–Crippen LogP) is 2.54. The maximum Gasteiger partial charge on any atom is 0.289 e. The van der Waals surface area contributed by atoms with Crippen molar-refractivity contribution in [1.29, 1.82) is 0 Å². The van der Waals surface area contributed by atoms with Gasteiger partial charge in [0.2, 0.25) is 5.91 Å². The van der Waals surface area contributed by atoms with E-state index in [9.17, 15) is 23.3 Å². The second kappa shape index (κ2) is 9.88. The number of nitro groups is 1. The Kier molecular flexibility index (Phi) is 7.24. The van der Waals surface area contributed by atoms with Crippen LogP contribution < -0.4 is 10.0 Å². The molecule has 0 spiro atoms. The molecule has 2 N–H and O–H groups in total. The van der Waals surface area contributed by atoms with Crippen LogP contribution in [0.4, 0.5) is 11.4 Å². The summed E-state index contributed by atoms with van der Waals surface area (Å²) in [5, 5.41) is 14.2. The Bertz CT molecular complexity index is 1030. The summed E-state index contributed by atoms with van der Waals surface area (Å²) in [6.45, 7) is 5.11. The summed E-state index contributed by atoms with van der Waals surface area (Å²) in [7, 11) is -4.13. The minimum atomic E-state index is -4.13. The van der Waals surface area contributed by atoms with Crippen LogP contribution in [-0.4, -0.2) is 49.8 Å². The molecule has 1 aliphatic heterocycles. The van der Waals surface area contributed by atoms with Crippen LogP contribution in [0.25, 0.3) is 0 Å². The van der Waals surface area contributed by atoms with Crippen molar-refractivity contribution in [2.24, 2.45) is 0 Å². The van der Waals surface area contributed by atoms with Gasteiger partial charge in [0.05, 0.1) is 11.3 Å². The first kappa shape index (κ1) is 22.7. The van der Waals surface area contributed by atoms with Gasteiger partial charge >= 0.3 is 0 Å². The minimum Gasteiger partial charge on any atom is -0.353 e. The Morgan fingerprint density at radius 3 is 2.39 bits per heavy atom. The molecule has 0 atom stereocenters. The first-order chi connectivity index (χ1) is 14.8. The zero-order chi connectivity index (χ0) is 22.4. The molecule has 1 saturated heterocycles. The molecular formula is C21H26N4O5S. The van der Waals surface area contributed by atoms with E-state index >= 15 is 0 Å². The number of benzene rings is 2. The number of nitrogens with zero attached hydrogens (tertiary/aromatic N) is 2. The number of hydrogen-bond donors (Lipinski definition) is 2. The largest absolute Gasteiger partial charge is 0.353 e. The number of nitrogens with one attached hydrogen (secondary N) is 2. The van der Waals surface area contributed by atoms with Crippen LogP contribution >= 0.6 is 0 Å². The molecule has 9 nitrogen and oxygen atoms in total. The number of rotatable bonds is 8. The fourth-order valence-electron chi connectivity index (χ4n) is 3.59. The normalized spacial score (nSPS) is 15.4. The summed E-state index contributed by atoms with van der Waals surface area (Å²) >= 11 is 0. The Morgan fingerprint density at radius 2 is 1.77 bits per heavy atom. The minimum absolute atomic E-state index is 0.0665. The van der Waals surface area contributed by atoms with Crippen LogP contribution in [0.2, 0.25) is 0 Å². The van der Waals surface area contributed by atoms with Gasteiger partial charge in [0.25, 0.3) is 15.7 Å². The van der Waals surface area contributed by atoms with Crippen molar-refractivity contribution in [1.82, 2.24) is 10.2 Å². The molecular weight excluding hydrogens is 420 g/mol. The fraction of sp³-hybridized carbons (Fsp3) is 0.381. The van der Waals surface area contributed by atoms with E-state index in [4.69, 9.17) is 0 Å². The van der Waals surface area contributed by atoms with E-state index in [2.05, 4.69) is 21.9 Å². The topological polar surface area (TPSA) is 122 Å². The van der Waals surface area contributed by atoms with Gasteiger partial charge in [0, 0.05) is 30.9 Å². The Morgan fingerprint density at radius 1 is 1.13 bits per heavy atom. The Balaban J connectivity index is 1.59. The van der Waals surface area contributed by atoms with Crippen molar-refractivity contribution in [3.8, 4) is 0 Å². The maximum atomic E-state index is 12.6. The number of piperidine rings is 1. The number of hydrogen-bond acceptors (Lipinski definition) is 6. The monoisotopic (exact) mass is 446 g/mol. The third-order valence-electron chi connectivity index (χ3n) is 5.32. The van der Waals surface area contributed by atoms with E-state index in [1.54, 1.807) is 12.1 Å². The summed E-state index contributed by atoms with van der Waals surface area (Å²) in [5.74, 6) is -0.0665. The highest BCUT2D eigenvalue weighted by atomic mass is 32.2. The van der Waals surface area contributed by atoms with Crippen molar-refractivity contribution in [2.75, 3.05) is 24.4 Å². The molecule has 2 aromatic carbocycles.